The SMILES string of the molecule is COc1ccc(OCc2cc(C=O)sc2C)cc1. The van der Waals surface area contributed by atoms with Gasteiger partial charge in [0.05, 0.1) is 12.0 Å². The van der Waals surface area contributed by atoms with Crippen molar-refractivity contribution >= 4 is 17.6 Å². The van der Waals surface area contributed by atoms with Gasteiger partial charge in [-0.15, -0.1) is 11.3 Å². The number of hydrogen-bond acceptors (Lipinski definition) is 4. The summed E-state index contributed by atoms with van der Waals surface area (Å²) in [6, 6.07) is 9.30. The number of aryl methyl sites for hydroxylation is 1. The van der Waals surface area contributed by atoms with Crippen molar-refractivity contribution in [3.63, 3.8) is 0 Å². The number of rotatable bonds is 5. The van der Waals surface area contributed by atoms with Crippen molar-refractivity contribution in [1.29, 1.82) is 0 Å². The quantitative estimate of drug-likeness (QED) is 0.774. The first-order chi connectivity index (χ1) is 8.72. The maximum atomic E-state index is 10.7. The monoisotopic (exact) mass is 262 g/mol. The van der Waals surface area contributed by atoms with Gasteiger partial charge in [0.2, 0.25) is 0 Å². The summed E-state index contributed by atoms with van der Waals surface area (Å²) in [5, 5.41) is 0. The average Bonchev–Trinajstić information content (AvgIpc) is 2.77. The van der Waals surface area contributed by atoms with Crippen LogP contribution in [0.5, 0.6) is 11.5 Å². The summed E-state index contributed by atoms with van der Waals surface area (Å²) in [7, 11) is 1.63. The molecule has 2 rings (SSSR count). The Morgan fingerprint density at radius 3 is 2.44 bits per heavy atom. The zero-order chi connectivity index (χ0) is 13.0. The van der Waals surface area contributed by atoms with E-state index in [0.29, 0.717) is 6.61 Å². The van der Waals surface area contributed by atoms with E-state index in [1.807, 2.05) is 37.3 Å². The molecule has 18 heavy (non-hydrogen) atoms. The third-order valence-electron chi connectivity index (χ3n) is 2.61. The smallest absolute Gasteiger partial charge is 0.160 e. The van der Waals surface area contributed by atoms with Gasteiger partial charge in [0.15, 0.2) is 6.29 Å². The van der Waals surface area contributed by atoms with E-state index >= 15 is 0 Å². The predicted molar refractivity (Wildman–Crippen MR) is 71.8 cm³/mol. The van der Waals surface area contributed by atoms with Crippen molar-refractivity contribution in [2.45, 2.75) is 13.5 Å². The summed E-state index contributed by atoms with van der Waals surface area (Å²) in [6.45, 7) is 2.47. The highest BCUT2D eigenvalue weighted by Crippen LogP contribution is 2.23. The molecular weight excluding hydrogens is 248 g/mol. The first-order valence-electron chi connectivity index (χ1n) is 5.54. The molecule has 0 unspecified atom stereocenters. The van der Waals surface area contributed by atoms with Gasteiger partial charge in [-0.3, -0.25) is 4.79 Å². The van der Waals surface area contributed by atoms with Gasteiger partial charge in [-0.1, -0.05) is 0 Å². The largest absolute Gasteiger partial charge is 0.497 e. The van der Waals surface area contributed by atoms with Crippen LogP contribution in [0, 0.1) is 6.92 Å². The molecule has 0 fully saturated rings. The van der Waals surface area contributed by atoms with Gasteiger partial charge < -0.3 is 9.47 Å². The molecule has 1 aromatic heterocycles. The highest BCUT2D eigenvalue weighted by molar-refractivity contribution is 7.13. The van der Waals surface area contributed by atoms with Crippen LogP contribution in [0.4, 0.5) is 0 Å². The van der Waals surface area contributed by atoms with Crippen LogP contribution in [0.1, 0.15) is 20.1 Å². The maximum Gasteiger partial charge on any atom is 0.160 e. The lowest BCUT2D eigenvalue weighted by molar-refractivity contribution is 0.112. The Labute approximate surface area is 110 Å². The van der Waals surface area contributed by atoms with Crippen molar-refractivity contribution in [2.24, 2.45) is 0 Å². The second kappa shape index (κ2) is 5.69. The molecular formula is C14H14O3S. The van der Waals surface area contributed by atoms with Crippen molar-refractivity contribution in [2.75, 3.05) is 7.11 Å². The number of carbonyl (C=O) groups excluding carboxylic acids is 1. The fraction of sp³-hybridized carbons (Fsp3) is 0.214. The van der Waals surface area contributed by atoms with Crippen molar-refractivity contribution in [3.8, 4) is 11.5 Å². The number of hydrogen-bond donors (Lipinski definition) is 0. The van der Waals surface area contributed by atoms with E-state index in [1.54, 1.807) is 7.11 Å². The number of ether oxygens (including phenoxy) is 2. The van der Waals surface area contributed by atoms with E-state index < -0.39 is 0 Å². The average molecular weight is 262 g/mol. The van der Waals surface area contributed by atoms with Crippen LogP contribution in [0.25, 0.3) is 0 Å². The number of thiophene rings is 1. The van der Waals surface area contributed by atoms with Gasteiger partial charge in [-0.2, -0.15) is 0 Å². The Morgan fingerprint density at radius 1 is 1.22 bits per heavy atom. The predicted octanol–water partition coefficient (Wildman–Crippen LogP) is 3.46. The van der Waals surface area contributed by atoms with E-state index in [0.717, 1.165) is 33.1 Å². The molecule has 0 bridgehead atoms. The van der Waals surface area contributed by atoms with Crippen LogP contribution >= 0.6 is 11.3 Å². The van der Waals surface area contributed by atoms with Crippen LogP contribution in [0.3, 0.4) is 0 Å². The first kappa shape index (κ1) is 12.6. The lowest BCUT2D eigenvalue weighted by Gasteiger charge is -2.06. The van der Waals surface area contributed by atoms with Crippen LogP contribution in [-0.2, 0) is 6.61 Å². The highest BCUT2D eigenvalue weighted by atomic mass is 32.1. The van der Waals surface area contributed by atoms with Gasteiger partial charge in [0, 0.05) is 10.4 Å². The zero-order valence-corrected chi connectivity index (χ0v) is 11.1. The van der Waals surface area contributed by atoms with Crippen LogP contribution in [-0.4, -0.2) is 13.4 Å². The minimum Gasteiger partial charge on any atom is -0.497 e. The lowest BCUT2D eigenvalue weighted by atomic mass is 10.2. The Kier molecular flexibility index (Phi) is 3.99. The molecule has 0 radical (unpaired) electrons. The molecule has 3 nitrogen and oxygen atoms in total. The lowest BCUT2D eigenvalue weighted by Crippen LogP contribution is -1.95. The fourth-order valence-corrected chi connectivity index (χ4v) is 2.43. The standard InChI is InChI=1S/C14H14O3S/c1-10-11(7-14(8-15)18-10)9-17-13-5-3-12(16-2)4-6-13/h3-8H,9H2,1-2H3. The minimum absolute atomic E-state index is 0.475. The van der Waals surface area contributed by atoms with Crippen molar-refractivity contribution < 1.29 is 14.3 Å². The van der Waals surface area contributed by atoms with E-state index in [4.69, 9.17) is 9.47 Å². The maximum absolute atomic E-state index is 10.7. The Bertz CT molecular complexity index is 528. The number of methoxy groups -OCH3 is 1. The fourth-order valence-electron chi connectivity index (χ4n) is 1.58. The molecule has 0 atom stereocenters. The van der Waals surface area contributed by atoms with E-state index in [1.165, 1.54) is 11.3 Å². The Morgan fingerprint density at radius 2 is 1.89 bits per heavy atom. The molecule has 0 spiro atoms. The molecule has 1 aromatic carbocycles. The first-order valence-corrected chi connectivity index (χ1v) is 6.36. The number of aldehydes is 1. The van der Waals surface area contributed by atoms with Gasteiger partial charge >= 0.3 is 0 Å². The minimum atomic E-state index is 0.475. The van der Waals surface area contributed by atoms with Crippen LogP contribution < -0.4 is 9.47 Å². The molecule has 0 saturated heterocycles. The Hall–Kier alpha value is -1.81. The molecule has 4 heteroatoms. The molecule has 0 aliphatic carbocycles. The number of benzene rings is 1. The van der Waals surface area contributed by atoms with Gasteiger partial charge in [-0.25, -0.2) is 0 Å². The zero-order valence-electron chi connectivity index (χ0n) is 10.3. The normalized spacial score (nSPS) is 10.1. The molecule has 0 saturated carbocycles. The van der Waals surface area contributed by atoms with E-state index in [2.05, 4.69) is 0 Å². The second-order valence-electron chi connectivity index (χ2n) is 3.81. The molecule has 0 amide bonds. The third-order valence-corrected chi connectivity index (χ3v) is 3.63. The van der Waals surface area contributed by atoms with Crippen molar-refractivity contribution in [3.05, 3.63) is 45.6 Å². The Balaban J connectivity index is 2.01. The topological polar surface area (TPSA) is 35.5 Å². The van der Waals surface area contributed by atoms with Crippen LogP contribution in [0.2, 0.25) is 0 Å². The third kappa shape index (κ3) is 2.90. The van der Waals surface area contributed by atoms with Crippen molar-refractivity contribution in [1.82, 2.24) is 0 Å². The van der Waals surface area contributed by atoms with Gasteiger partial charge in [0.25, 0.3) is 0 Å². The van der Waals surface area contributed by atoms with E-state index in [9.17, 15) is 4.79 Å². The number of carbonyl (C=O) groups is 1. The van der Waals surface area contributed by atoms with Crippen LogP contribution in [0.15, 0.2) is 30.3 Å². The summed E-state index contributed by atoms with van der Waals surface area (Å²) < 4.78 is 10.7. The van der Waals surface area contributed by atoms with Gasteiger partial charge in [0.1, 0.15) is 18.1 Å². The summed E-state index contributed by atoms with van der Waals surface area (Å²) in [5.74, 6) is 1.59. The summed E-state index contributed by atoms with van der Waals surface area (Å²) >= 11 is 1.49. The molecule has 94 valence electrons. The van der Waals surface area contributed by atoms with E-state index in [-0.39, 0.29) is 0 Å². The summed E-state index contributed by atoms with van der Waals surface area (Å²) in [5.41, 5.74) is 1.05. The molecule has 0 aliphatic rings. The molecule has 0 N–H and O–H groups in total. The summed E-state index contributed by atoms with van der Waals surface area (Å²) in [6.07, 6.45) is 0.870. The molecule has 0 aliphatic heterocycles. The molecule has 2 aromatic rings. The highest BCUT2D eigenvalue weighted by Gasteiger charge is 2.05. The van der Waals surface area contributed by atoms with Gasteiger partial charge in [-0.05, 0) is 37.3 Å². The summed E-state index contributed by atoms with van der Waals surface area (Å²) in [4.78, 5) is 12.5. The second-order valence-corrected chi connectivity index (χ2v) is 5.10. The molecule has 1 heterocycles.